The van der Waals surface area contributed by atoms with Gasteiger partial charge in [-0.1, -0.05) is 0 Å². The van der Waals surface area contributed by atoms with Crippen molar-refractivity contribution >= 4 is 6.09 Å². The lowest BCUT2D eigenvalue weighted by atomic mass is 9.70. The predicted molar refractivity (Wildman–Crippen MR) is 151 cm³/mol. The van der Waals surface area contributed by atoms with Crippen LogP contribution in [0.1, 0.15) is 103 Å². The van der Waals surface area contributed by atoms with Gasteiger partial charge >= 0.3 is 6.09 Å². The van der Waals surface area contributed by atoms with Gasteiger partial charge in [0.2, 0.25) is 0 Å². The fourth-order valence-corrected chi connectivity index (χ4v) is 6.07. The molecule has 4 rings (SSSR count). The van der Waals surface area contributed by atoms with E-state index in [0.717, 1.165) is 78.1 Å². The molecule has 9 heteroatoms. The molecule has 0 spiro atoms. The Balaban J connectivity index is 1.43. The molecule has 1 aromatic rings. The van der Waals surface area contributed by atoms with E-state index in [1.54, 1.807) is 4.90 Å². The van der Waals surface area contributed by atoms with Crippen molar-refractivity contribution in [1.29, 1.82) is 0 Å². The van der Waals surface area contributed by atoms with E-state index in [-0.39, 0.29) is 17.7 Å². The van der Waals surface area contributed by atoms with Crippen LogP contribution in [0, 0.1) is 5.41 Å². The molecule has 1 unspecified atom stereocenters. The lowest BCUT2D eigenvalue weighted by molar-refractivity contribution is -0.0421. The van der Waals surface area contributed by atoms with Crippen LogP contribution in [-0.4, -0.2) is 90.5 Å². The molecule has 3 heterocycles. The minimum atomic E-state index is -0.471. The van der Waals surface area contributed by atoms with Gasteiger partial charge < -0.3 is 23.8 Å². The fraction of sp³-hybridized carbons (Fsp3) is 0.867. The number of rotatable bonds is 11. The average molecular weight is 549 g/mol. The van der Waals surface area contributed by atoms with Crippen molar-refractivity contribution in [2.75, 3.05) is 53.2 Å². The molecule has 0 N–H and O–H groups in total. The van der Waals surface area contributed by atoms with Gasteiger partial charge in [0.05, 0.1) is 18.9 Å². The minimum Gasteiger partial charge on any atom is -0.444 e. The second-order valence-corrected chi connectivity index (χ2v) is 12.8. The van der Waals surface area contributed by atoms with Crippen LogP contribution < -0.4 is 0 Å². The Bertz CT molecular complexity index is 899. The van der Waals surface area contributed by atoms with E-state index < -0.39 is 5.60 Å². The molecule has 3 fully saturated rings. The highest BCUT2D eigenvalue weighted by molar-refractivity contribution is 5.69. The zero-order chi connectivity index (χ0) is 28.0. The van der Waals surface area contributed by atoms with Gasteiger partial charge in [0, 0.05) is 68.6 Å². The number of hydrogen-bond acceptors (Lipinski definition) is 7. The van der Waals surface area contributed by atoms with E-state index in [1.807, 2.05) is 20.8 Å². The van der Waals surface area contributed by atoms with Gasteiger partial charge in [0.15, 0.2) is 0 Å². The summed E-state index contributed by atoms with van der Waals surface area (Å²) in [7, 11) is 2.16. The van der Waals surface area contributed by atoms with Crippen LogP contribution in [0.5, 0.6) is 0 Å². The van der Waals surface area contributed by atoms with Gasteiger partial charge in [-0.2, -0.15) is 5.10 Å². The van der Waals surface area contributed by atoms with Crippen LogP contribution >= 0.6 is 0 Å². The van der Waals surface area contributed by atoms with Crippen molar-refractivity contribution in [3.8, 4) is 0 Å². The molecule has 1 aliphatic carbocycles. The van der Waals surface area contributed by atoms with E-state index in [0.29, 0.717) is 25.0 Å². The third-order valence-electron chi connectivity index (χ3n) is 8.51. The molecule has 2 saturated heterocycles. The van der Waals surface area contributed by atoms with Gasteiger partial charge in [0.25, 0.3) is 0 Å². The van der Waals surface area contributed by atoms with Gasteiger partial charge in [-0.25, -0.2) is 9.48 Å². The molecule has 222 valence electrons. The Morgan fingerprint density at radius 1 is 1.10 bits per heavy atom. The molecule has 3 aliphatic rings. The maximum atomic E-state index is 12.4. The molecule has 1 amide bonds. The number of amides is 1. The zero-order valence-corrected chi connectivity index (χ0v) is 25.2. The summed E-state index contributed by atoms with van der Waals surface area (Å²) in [5, 5.41) is 5.19. The summed E-state index contributed by atoms with van der Waals surface area (Å²) in [6, 6.07) is 0.316. The monoisotopic (exact) mass is 548 g/mol. The quantitative estimate of drug-likeness (QED) is 0.369. The van der Waals surface area contributed by atoms with Crippen LogP contribution in [0.4, 0.5) is 4.79 Å². The summed E-state index contributed by atoms with van der Waals surface area (Å²) in [4.78, 5) is 16.6. The third kappa shape index (κ3) is 7.96. The highest BCUT2D eigenvalue weighted by Crippen LogP contribution is 2.44. The number of ether oxygens (including phenoxy) is 4. The van der Waals surface area contributed by atoms with E-state index in [1.165, 1.54) is 17.7 Å². The third-order valence-corrected chi connectivity index (χ3v) is 8.51. The highest BCUT2D eigenvalue weighted by atomic mass is 16.6. The van der Waals surface area contributed by atoms with Crippen LogP contribution in [-0.2, 0) is 25.5 Å². The van der Waals surface area contributed by atoms with Crippen molar-refractivity contribution in [2.45, 2.75) is 110 Å². The lowest BCUT2D eigenvalue weighted by Gasteiger charge is -2.44. The van der Waals surface area contributed by atoms with Gasteiger partial charge in [-0.15, -0.1) is 0 Å². The number of likely N-dealkylation sites (tertiary alicyclic amines) is 1. The standard InChI is InChI=1S/C30H52N4O5/c1-7-36-21-30(22-37-8-2)14-12-23(13-15-30)27-24(18-34(31-27)26-11-9-10-16-38-26)17-32(6)25-19-33(20-25)28(35)39-29(3,4)5/h18,23,25-26H,7-17,19-22H2,1-6H3. The highest BCUT2D eigenvalue weighted by Gasteiger charge is 2.39. The SMILES string of the molecule is CCOCC1(COCC)CCC(c2nn(C3CCCCO3)cc2CN(C)C2CN(C(=O)OC(C)(C)C)C2)CC1. The normalized spacial score (nSPS) is 22.7. The molecule has 39 heavy (non-hydrogen) atoms. The molecule has 2 aliphatic heterocycles. The number of carbonyl (C=O) groups is 1. The minimum absolute atomic E-state index is 0.0292. The smallest absolute Gasteiger partial charge is 0.410 e. The molecule has 1 atom stereocenters. The number of carbonyl (C=O) groups excluding carboxylic acids is 1. The topological polar surface area (TPSA) is 78.3 Å². The first-order valence-corrected chi connectivity index (χ1v) is 15.2. The predicted octanol–water partition coefficient (Wildman–Crippen LogP) is 5.35. The number of likely N-dealkylation sites (N-methyl/N-ethyl adjacent to an activating group) is 1. The Labute approximate surface area is 235 Å². The summed E-state index contributed by atoms with van der Waals surface area (Å²) < 4.78 is 25.6. The van der Waals surface area contributed by atoms with E-state index in [9.17, 15) is 4.79 Å². The Hall–Kier alpha value is -1.68. The second kappa shape index (κ2) is 13.3. The lowest BCUT2D eigenvalue weighted by Crippen LogP contribution is -2.60. The zero-order valence-electron chi connectivity index (χ0n) is 25.2. The van der Waals surface area contributed by atoms with E-state index in [4.69, 9.17) is 24.0 Å². The van der Waals surface area contributed by atoms with Crippen LogP contribution in [0.2, 0.25) is 0 Å². The van der Waals surface area contributed by atoms with Gasteiger partial charge in [-0.05, 0) is 86.6 Å². The Kier molecular flexibility index (Phi) is 10.3. The molecule has 9 nitrogen and oxygen atoms in total. The molecule has 1 aromatic heterocycles. The summed E-state index contributed by atoms with van der Waals surface area (Å²) in [6.07, 6.45) is 9.72. The summed E-state index contributed by atoms with van der Waals surface area (Å²) in [5.74, 6) is 0.425. The molecular weight excluding hydrogens is 496 g/mol. The maximum Gasteiger partial charge on any atom is 0.410 e. The van der Waals surface area contributed by atoms with Gasteiger partial charge in [0.1, 0.15) is 11.8 Å². The first-order valence-electron chi connectivity index (χ1n) is 15.2. The molecule has 0 radical (unpaired) electrons. The maximum absolute atomic E-state index is 12.4. The van der Waals surface area contributed by atoms with Gasteiger partial charge in [-0.3, -0.25) is 4.90 Å². The fourth-order valence-electron chi connectivity index (χ4n) is 6.07. The second-order valence-electron chi connectivity index (χ2n) is 12.8. The van der Waals surface area contributed by atoms with Crippen molar-refractivity contribution in [3.05, 3.63) is 17.5 Å². The largest absolute Gasteiger partial charge is 0.444 e. The van der Waals surface area contributed by atoms with Crippen LogP contribution in [0.3, 0.4) is 0 Å². The van der Waals surface area contributed by atoms with Crippen LogP contribution in [0.25, 0.3) is 0 Å². The first kappa shape index (κ1) is 30.3. The average Bonchev–Trinajstić information content (AvgIpc) is 3.29. The first-order chi connectivity index (χ1) is 18.6. The molecule has 0 bridgehead atoms. The number of nitrogens with zero attached hydrogens (tertiary/aromatic N) is 4. The summed E-state index contributed by atoms with van der Waals surface area (Å²) >= 11 is 0. The van der Waals surface area contributed by atoms with Crippen molar-refractivity contribution < 1.29 is 23.7 Å². The molecule has 1 saturated carbocycles. The molecule has 0 aromatic carbocycles. The number of aromatic nitrogens is 2. The summed E-state index contributed by atoms with van der Waals surface area (Å²) in [6.45, 7) is 15.9. The van der Waals surface area contributed by atoms with Crippen molar-refractivity contribution in [3.63, 3.8) is 0 Å². The Morgan fingerprint density at radius 3 is 2.33 bits per heavy atom. The van der Waals surface area contributed by atoms with E-state index >= 15 is 0 Å². The summed E-state index contributed by atoms with van der Waals surface area (Å²) in [5.41, 5.74) is 2.14. The Morgan fingerprint density at radius 2 is 1.77 bits per heavy atom. The van der Waals surface area contributed by atoms with Crippen molar-refractivity contribution in [2.24, 2.45) is 5.41 Å². The number of hydrogen-bond donors (Lipinski definition) is 0. The van der Waals surface area contributed by atoms with E-state index in [2.05, 4.69) is 36.7 Å². The van der Waals surface area contributed by atoms with Crippen LogP contribution in [0.15, 0.2) is 6.20 Å². The molecular formula is C30H52N4O5. The van der Waals surface area contributed by atoms with Crippen molar-refractivity contribution in [1.82, 2.24) is 19.6 Å².